The van der Waals surface area contributed by atoms with Gasteiger partial charge in [0, 0.05) is 17.8 Å². The van der Waals surface area contributed by atoms with E-state index in [1.165, 1.54) is 7.11 Å². The summed E-state index contributed by atoms with van der Waals surface area (Å²) in [5.41, 5.74) is 1.32. The second-order valence-corrected chi connectivity index (χ2v) is 6.66. The number of aromatic nitrogens is 1. The smallest absolute Gasteiger partial charge is 0.254 e. The van der Waals surface area contributed by atoms with E-state index < -0.39 is 0 Å². The standard InChI is InChI=1S/C18H18Cl2N2O2/c1-11(16-5-3-4-8-21-16)22(13-6-7-13)18(23)12-9-14(19)17(24-2)15(20)10-12/h3-5,8-11,13H,6-7H2,1-2H3. The number of carbonyl (C=O) groups excluding carboxylic acids is 1. The molecule has 3 rings (SSSR count). The van der Waals surface area contributed by atoms with Gasteiger partial charge in [-0.1, -0.05) is 29.3 Å². The lowest BCUT2D eigenvalue weighted by Gasteiger charge is -2.29. The van der Waals surface area contributed by atoms with E-state index in [9.17, 15) is 4.79 Å². The SMILES string of the molecule is COc1c(Cl)cc(C(=O)N(C2CC2)C(C)c2ccccn2)cc1Cl. The van der Waals surface area contributed by atoms with E-state index in [1.54, 1.807) is 18.3 Å². The summed E-state index contributed by atoms with van der Waals surface area (Å²) in [6.07, 6.45) is 3.74. The molecule has 1 aliphatic rings. The normalized spacial score (nSPS) is 15.0. The lowest BCUT2D eigenvalue weighted by atomic mass is 10.1. The molecule has 24 heavy (non-hydrogen) atoms. The molecule has 0 spiro atoms. The van der Waals surface area contributed by atoms with Gasteiger partial charge in [0.1, 0.15) is 0 Å². The van der Waals surface area contributed by atoms with Crippen LogP contribution in [0.1, 0.15) is 41.9 Å². The van der Waals surface area contributed by atoms with Crippen molar-refractivity contribution in [2.45, 2.75) is 31.8 Å². The van der Waals surface area contributed by atoms with Crippen LogP contribution in [0.15, 0.2) is 36.5 Å². The molecule has 1 aromatic heterocycles. The summed E-state index contributed by atoms with van der Waals surface area (Å²) in [7, 11) is 1.49. The predicted molar refractivity (Wildman–Crippen MR) is 94.9 cm³/mol. The lowest BCUT2D eigenvalue weighted by molar-refractivity contribution is 0.0670. The van der Waals surface area contributed by atoms with Crippen molar-refractivity contribution in [2.75, 3.05) is 7.11 Å². The average Bonchev–Trinajstić information content (AvgIpc) is 3.40. The zero-order valence-corrected chi connectivity index (χ0v) is 15.0. The maximum absolute atomic E-state index is 13.1. The van der Waals surface area contributed by atoms with Crippen molar-refractivity contribution in [3.63, 3.8) is 0 Å². The zero-order chi connectivity index (χ0) is 17.3. The van der Waals surface area contributed by atoms with Crippen LogP contribution in [-0.2, 0) is 0 Å². The number of methoxy groups -OCH3 is 1. The number of pyridine rings is 1. The Bertz CT molecular complexity index is 725. The molecule has 0 aliphatic heterocycles. The number of amides is 1. The van der Waals surface area contributed by atoms with Gasteiger partial charge in [0.25, 0.3) is 5.91 Å². The van der Waals surface area contributed by atoms with Crippen LogP contribution in [0, 0.1) is 0 Å². The molecule has 2 aromatic rings. The van der Waals surface area contributed by atoms with Crippen LogP contribution in [0.25, 0.3) is 0 Å². The predicted octanol–water partition coefficient (Wildman–Crippen LogP) is 4.76. The van der Waals surface area contributed by atoms with Gasteiger partial charge in [-0.3, -0.25) is 9.78 Å². The Balaban J connectivity index is 1.94. The van der Waals surface area contributed by atoms with E-state index in [-0.39, 0.29) is 18.0 Å². The monoisotopic (exact) mass is 364 g/mol. The second kappa shape index (κ2) is 6.99. The van der Waals surface area contributed by atoms with E-state index in [1.807, 2.05) is 30.0 Å². The molecule has 6 heteroatoms. The molecular weight excluding hydrogens is 347 g/mol. The number of benzene rings is 1. The summed E-state index contributed by atoms with van der Waals surface area (Å²) >= 11 is 12.4. The topological polar surface area (TPSA) is 42.4 Å². The van der Waals surface area contributed by atoms with Crippen LogP contribution in [0.2, 0.25) is 10.0 Å². The number of hydrogen-bond acceptors (Lipinski definition) is 3. The fourth-order valence-electron chi connectivity index (χ4n) is 2.80. The maximum atomic E-state index is 13.1. The summed E-state index contributed by atoms with van der Waals surface area (Å²) in [4.78, 5) is 19.3. The van der Waals surface area contributed by atoms with Crippen molar-refractivity contribution in [1.82, 2.24) is 9.88 Å². The highest BCUT2D eigenvalue weighted by Crippen LogP contribution is 2.38. The van der Waals surface area contributed by atoms with Crippen LogP contribution >= 0.6 is 23.2 Å². The summed E-state index contributed by atoms with van der Waals surface area (Å²) in [5, 5.41) is 0.657. The minimum atomic E-state index is -0.120. The Labute approximate surface area is 151 Å². The van der Waals surface area contributed by atoms with Crippen molar-refractivity contribution in [2.24, 2.45) is 0 Å². The van der Waals surface area contributed by atoms with Gasteiger partial charge in [-0.25, -0.2) is 0 Å². The summed E-state index contributed by atoms with van der Waals surface area (Å²) < 4.78 is 5.15. The van der Waals surface area contributed by atoms with E-state index in [4.69, 9.17) is 27.9 Å². The molecule has 0 bridgehead atoms. The van der Waals surface area contributed by atoms with Crippen molar-refractivity contribution in [3.8, 4) is 5.75 Å². The van der Waals surface area contributed by atoms with Crippen LogP contribution in [0.3, 0.4) is 0 Å². The van der Waals surface area contributed by atoms with Crippen molar-refractivity contribution < 1.29 is 9.53 Å². The molecule has 1 atom stereocenters. The van der Waals surface area contributed by atoms with E-state index in [0.717, 1.165) is 18.5 Å². The summed E-state index contributed by atoms with van der Waals surface area (Å²) in [5.74, 6) is 0.285. The number of nitrogens with zero attached hydrogens (tertiary/aromatic N) is 2. The first kappa shape index (κ1) is 17.1. The summed E-state index contributed by atoms with van der Waals surface area (Å²) in [6, 6.07) is 9.05. The molecular formula is C18H18Cl2N2O2. The quantitative estimate of drug-likeness (QED) is 0.767. The van der Waals surface area contributed by atoms with Crippen LogP contribution in [-0.4, -0.2) is 28.9 Å². The Morgan fingerprint density at radius 2 is 1.96 bits per heavy atom. The van der Waals surface area contributed by atoms with Crippen LogP contribution < -0.4 is 4.74 Å². The number of rotatable bonds is 5. The van der Waals surface area contributed by atoms with Crippen LogP contribution in [0.5, 0.6) is 5.75 Å². The lowest BCUT2D eigenvalue weighted by Crippen LogP contribution is -2.36. The molecule has 1 aliphatic carbocycles. The largest absolute Gasteiger partial charge is 0.494 e. The average molecular weight is 365 g/mol. The molecule has 126 valence electrons. The van der Waals surface area contributed by atoms with Gasteiger partial charge in [-0.2, -0.15) is 0 Å². The van der Waals surface area contributed by atoms with Gasteiger partial charge in [-0.15, -0.1) is 0 Å². The number of carbonyl (C=O) groups is 1. The first-order valence-electron chi connectivity index (χ1n) is 7.79. The van der Waals surface area contributed by atoms with Crippen molar-refractivity contribution in [1.29, 1.82) is 0 Å². The minimum absolute atomic E-state index is 0.0953. The van der Waals surface area contributed by atoms with Crippen LogP contribution in [0.4, 0.5) is 0 Å². The summed E-state index contributed by atoms with van der Waals surface area (Å²) in [6.45, 7) is 1.99. The van der Waals surface area contributed by atoms with Gasteiger partial charge in [0.2, 0.25) is 0 Å². The molecule has 0 radical (unpaired) electrons. The molecule has 4 nitrogen and oxygen atoms in total. The first-order chi connectivity index (χ1) is 11.5. The molecule has 1 fully saturated rings. The molecule has 1 saturated carbocycles. The molecule has 1 aromatic carbocycles. The first-order valence-corrected chi connectivity index (χ1v) is 8.55. The fourth-order valence-corrected chi connectivity index (χ4v) is 3.45. The highest BCUT2D eigenvalue weighted by molar-refractivity contribution is 6.37. The zero-order valence-electron chi connectivity index (χ0n) is 13.5. The molecule has 1 heterocycles. The van der Waals surface area contributed by atoms with E-state index >= 15 is 0 Å². The fraction of sp³-hybridized carbons (Fsp3) is 0.333. The molecule has 0 N–H and O–H groups in total. The highest BCUT2D eigenvalue weighted by atomic mass is 35.5. The molecule has 1 unspecified atom stereocenters. The van der Waals surface area contributed by atoms with Gasteiger partial charge in [0.15, 0.2) is 5.75 Å². The third kappa shape index (κ3) is 3.35. The second-order valence-electron chi connectivity index (χ2n) is 5.85. The number of halogens is 2. The van der Waals surface area contributed by atoms with E-state index in [2.05, 4.69) is 4.98 Å². The Kier molecular flexibility index (Phi) is 4.97. The van der Waals surface area contributed by atoms with E-state index in [0.29, 0.717) is 21.4 Å². The Morgan fingerprint density at radius 3 is 2.46 bits per heavy atom. The third-order valence-corrected chi connectivity index (χ3v) is 4.72. The minimum Gasteiger partial charge on any atom is -0.494 e. The highest BCUT2D eigenvalue weighted by Gasteiger charge is 2.37. The Morgan fingerprint density at radius 1 is 1.29 bits per heavy atom. The molecule has 0 saturated heterocycles. The van der Waals surface area contributed by atoms with Gasteiger partial charge in [0.05, 0.1) is 28.9 Å². The third-order valence-electron chi connectivity index (χ3n) is 4.16. The van der Waals surface area contributed by atoms with Gasteiger partial charge >= 0.3 is 0 Å². The number of hydrogen-bond donors (Lipinski definition) is 0. The molecule has 1 amide bonds. The maximum Gasteiger partial charge on any atom is 0.254 e. The number of ether oxygens (including phenoxy) is 1. The Hall–Kier alpha value is -1.78. The van der Waals surface area contributed by atoms with Crippen molar-refractivity contribution >= 4 is 29.1 Å². The van der Waals surface area contributed by atoms with Gasteiger partial charge in [-0.05, 0) is 44.0 Å². The van der Waals surface area contributed by atoms with Crippen molar-refractivity contribution in [3.05, 3.63) is 57.8 Å². The van der Waals surface area contributed by atoms with Gasteiger partial charge < -0.3 is 9.64 Å².